The van der Waals surface area contributed by atoms with Gasteiger partial charge in [0.2, 0.25) is 11.5 Å². The summed E-state index contributed by atoms with van der Waals surface area (Å²) < 4.78 is 5.62. The average molecular weight is 463 g/mol. The van der Waals surface area contributed by atoms with Crippen molar-refractivity contribution in [1.82, 2.24) is 15.1 Å². The molecule has 2 unspecified atom stereocenters. The van der Waals surface area contributed by atoms with E-state index in [1.807, 2.05) is 18.2 Å². The van der Waals surface area contributed by atoms with E-state index >= 15 is 0 Å². The Morgan fingerprint density at radius 1 is 1.15 bits per heavy atom. The third-order valence-electron chi connectivity index (χ3n) is 6.95. The molecule has 2 atom stereocenters. The summed E-state index contributed by atoms with van der Waals surface area (Å²) in [6.07, 6.45) is 0.876. The summed E-state index contributed by atoms with van der Waals surface area (Å²) in [4.78, 5) is 53.3. The zero-order valence-electron chi connectivity index (χ0n) is 18.9. The SMILES string of the molecule is CNC(=O)Nc1ccc2c(c1)CCC21OC(=O)N(CC(=O)N2CCC(c3ccccc3)C2)C1=O. The first kappa shape index (κ1) is 21.9. The molecule has 2 aromatic rings. The number of benzene rings is 2. The number of urea groups is 1. The number of fused-ring (bicyclic) bond motifs is 2. The van der Waals surface area contributed by atoms with Crippen molar-refractivity contribution in [2.45, 2.75) is 30.8 Å². The molecule has 2 saturated heterocycles. The number of likely N-dealkylation sites (tertiary alicyclic amines) is 1. The smallest absolute Gasteiger partial charge is 0.418 e. The van der Waals surface area contributed by atoms with E-state index in [0.717, 1.165) is 16.9 Å². The molecule has 2 aromatic carbocycles. The standard InChI is InChI=1S/C25H26N4O5/c1-26-23(32)27-19-7-8-20-17(13-19)9-11-25(20)22(31)29(24(33)34-25)15-21(30)28-12-10-18(14-28)16-5-3-2-4-6-16/h2-8,13,18H,9-12,14-15H2,1H3,(H2,26,27,32). The minimum atomic E-state index is -1.41. The Hall–Kier alpha value is -3.88. The molecule has 5 amide bonds. The van der Waals surface area contributed by atoms with Crippen LogP contribution >= 0.6 is 0 Å². The number of nitrogens with one attached hydrogen (secondary N) is 2. The summed E-state index contributed by atoms with van der Waals surface area (Å²) >= 11 is 0. The molecule has 1 aliphatic carbocycles. The van der Waals surface area contributed by atoms with E-state index in [0.29, 0.717) is 37.2 Å². The van der Waals surface area contributed by atoms with Gasteiger partial charge in [0.1, 0.15) is 6.54 Å². The summed E-state index contributed by atoms with van der Waals surface area (Å²) in [6, 6.07) is 14.8. The molecule has 0 aromatic heterocycles. The molecule has 0 saturated carbocycles. The Balaban J connectivity index is 1.28. The zero-order chi connectivity index (χ0) is 23.9. The lowest BCUT2D eigenvalue weighted by Gasteiger charge is -2.22. The molecule has 0 bridgehead atoms. The summed E-state index contributed by atoms with van der Waals surface area (Å²) in [5.74, 6) is -0.517. The van der Waals surface area contributed by atoms with Crippen LogP contribution in [0, 0.1) is 0 Å². The third kappa shape index (κ3) is 3.67. The van der Waals surface area contributed by atoms with Gasteiger partial charge in [-0.15, -0.1) is 0 Å². The highest BCUT2D eigenvalue weighted by molar-refractivity contribution is 6.06. The molecule has 9 nitrogen and oxygen atoms in total. The Kier molecular flexibility index (Phi) is 5.47. The predicted octanol–water partition coefficient (Wildman–Crippen LogP) is 2.57. The molecule has 2 fully saturated rings. The van der Waals surface area contributed by atoms with Gasteiger partial charge in [-0.2, -0.15) is 0 Å². The van der Waals surface area contributed by atoms with Crippen molar-refractivity contribution in [3.8, 4) is 0 Å². The molecule has 9 heteroatoms. The molecule has 0 radical (unpaired) electrons. The number of hydrogen-bond acceptors (Lipinski definition) is 5. The number of amides is 5. The first-order valence-corrected chi connectivity index (χ1v) is 11.4. The number of aryl methyl sites for hydroxylation is 1. The third-order valence-corrected chi connectivity index (χ3v) is 6.95. The fourth-order valence-corrected chi connectivity index (χ4v) is 5.14. The van der Waals surface area contributed by atoms with Gasteiger partial charge in [-0.3, -0.25) is 9.59 Å². The normalized spacial score (nSPS) is 23.3. The maximum atomic E-state index is 13.4. The Morgan fingerprint density at radius 3 is 2.71 bits per heavy atom. The van der Waals surface area contributed by atoms with Crippen LogP contribution in [0.15, 0.2) is 48.5 Å². The molecule has 2 N–H and O–H groups in total. The van der Waals surface area contributed by atoms with Crippen LogP contribution in [-0.4, -0.2) is 60.4 Å². The van der Waals surface area contributed by atoms with Crippen LogP contribution in [0.5, 0.6) is 0 Å². The van der Waals surface area contributed by atoms with E-state index in [9.17, 15) is 19.2 Å². The number of anilines is 1. The van der Waals surface area contributed by atoms with Gasteiger partial charge >= 0.3 is 12.1 Å². The number of hydrogen-bond donors (Lipinski definition) is 2. The van der Waals surface area contributed by atoms with E-state index in [4.69, 9.17) is 4.74 Å². The van der Waals surface area contributed by atoms with E-state index in [1.54, 1.807) is 23.1 Å². The van der Waals surface area contributed by atoms with E-state index in [1.165, 1.54) is 12.6 Å². The van der Waals surface area contributed by atoms with Crippen LogP contribution in [-0.2, 0) is 26.3 Å². The number of ether oxygens (including phenoxy) is 1. The van der Waals surface area contributed by atoms with Gasteiger partial charge in [-0.05, 0) is 36.1 Å². The van der Waals surface area contributed by atoms with Crippen molar-refractivity contribution in [3.63, 3.8) is 0 Å². The fourth-order valence-electron chi connectivity index (χ4n) is 5.14. The monoisotopic (exact) mass is 462 g/mol. The maximum absolute atomic E-state index is 13.4. The average Bonchev–Trinajstić information content (AvgIpc) is 3.54. The minimum Gasteiger partial charge on any atom is -0.427 e. The van der Waals surface area contributed by atoms with E-state index < -0.39 is 17.6 Å². The number of carbonyl (C=O) groups is 4. The second-order valence-electron chi connectivity index (χ2n) is 8.90. The summed E-state index contributed by atoms with van der Waals surface area (Å²) in [5, 5.41) is 5.18. The molecule has 5 rings (SSSR count). The van der Waals surface area contributed by atoms with Crippen molar-refractivity contribution < 1.29 is 23.9 Å². The van der Waals surface area contributed by atoms with Crippen LogP contribution in [0.1, 0.15) is 35.4 Å². The van der Waals surface area contributed by atoms with Crippen LogP contribution in [0.25, 0.3) is 0 Å². The first-order valence-electron chi connectivity index (χ1n) is 11.4. The summed E-state index contributed by atoms with van der Waals surface area (Å²) in [7, 11) is 1.52. The molecule has 3 aliphatic rings. The number of imide groups is 1. The summed E-state index contributed by atoms with van der Waals surface area (Å²) in [6.45, 7) is 0.826. The molecular weight excluding hydrogens is 436 g/mol. The van der Waals surface area contributed by atoms with Gasteiger partial charge in [-0.1, -0.05) is 36.4 Å². The molecule has 2 aliphatic heterocycles. The highest BCUT2D eigenvalue weighted by Crippen LogP contribution is 2.46. The van der Waals surface area contributed by atoms with Gasteiger partial charge in [0, 0.05) is 43.7 Å². The Labute approximate surface area is 197 Å². The van der Waals surface area contributed by atoms with Crippen molar-refractivity contribution in [1.29, 1.82) is 0 Å². The second-order valence-corrected chi connectivity index (χ2v) is 8.90. The van der Waals surface area contributed by atoms with E-state index in [-0.39, 0.29) is 24.4 Å². The molecule has 1 spiro atoms. The highest BCUT2D eigenvalue weighted by Gasteiger charge is 2.58. The van der Waals surface area contributed by atoms with Crippen LogP contribution in [0.4, 0.5) is 15.3 Å². The highest BCUT2D eigenvalue weighted by atomic mass is 16.6. The van der Waals surface area contributed by atoms with Gasteiger partial charge in [-0.25, -0.2) is 14.5 Å². The summed E-state index contributed by atoms with van der Waals surface area (Å²) in [5.41, 5.74) is 1.79. The van der Waals surface area contributed by atoms with Gasteiger partial charge in [0.05, 0.1) is 0 Å². The lowest BCUT2D eigenvalue weighted by molar-refractivity contribution is -0.141. The van der Waals surface area contributed by atoms with Crippen molar-refractivity contribution in [3.05, 3.63) is 65.2 Å². The number of rotatable bonds is 4. The number of carbonyl (C=O) groups excluding carboxylic acids is 4. The largest absolute Gasteiger partial charge is 0.427 e. The quantitative estimate of drug-likeness (QED) is 0.726. The lowest BCUT2D eigenvalue weighted by atomic mass is 9.94. The fraction of sp³-hybridized carbons (Fsp3) is 0.360. The number of nitrogens with zero attached hydrogens (tertiary/aromatic N) is 2. The van der Waals surface area contributed by atoms with Crippen LogP contribution < -0.4 is 10.6 Å². The molecule has 2 heterocycles. The lowest BCUT2D eigenvalue weighted by Crippen LogP contribution is -2.44. The molecule has 34 heavy (non-hydrogen) atoms. The van der Waals surface area contributed by atoms with Gasteiger partial charge < -0.3 is 20.3 Å². The predicted molar refractivity (Wildman–Crippen MR) is 123 cm³/mol. The van der Waals surface area contributed by atoms with Gasteiger partial charge in [0.25, 0.3) is 5.91 Å². The maximum Gasteiger partial charge on any atom is 0.418 e. The van der Waals surface area contributed by atoms with E-state index in [2.05, 4.69) is 22.8 Å². The van der Waals surface area contributed by atoms with Gasteiger partial charge in [0.15, 0.2) is 0 Å². The van der Waals surface area contributed by atoms with Crippen LogP contribution in [0.2, 0.25) is 0 Å². The van der Waals surface area contributed by atoms with Crippen LogP contribution in [0.3, 0.4) is 0 Å². The Bertz CT molecular complexity index is 1170. The molecule has 176 valence electrons. The first-order chi connectivity index (χ1) is 16.4. The molecular formula is C25H26N4O5. The zero-order valence-corrected chi connectivity index (χ0v) is 18.9. The van der Waals surface area contributed by atoms with Crippen molar-refractivity contribution >= 4 is 29.6 Å². The van der Waals surface area contributed by atoms with Crippen molar-refractivity contribution in [2.24, 2.45) is 0 Å². The topological polar surface area (TPSA) is 108 Å². The Morgan fingerprint density at radius 2 is 1.94 bits per heavy atom. The minimum absolute atomic E-state index is 0.247. The second kappa shape index (κ2) is 8.48. The van der Waals surface area contributed by atoms with Crippen molar-refractivity contribution in [2.75, 3.05) is 32.0 Å².